The minimum atomic E-state index is 0.644. The average Bonchev–Trinajstić information content (AvgIpc) is 3.25. The Kier molecular flexibility index (Phi) is 6.00. The van der Waals surface area contributed by atoms with Gasteiger partial charge in [-0.15, -0.1) is 0 Å². The number of aromatic nitrogens is 1. The maximum Gasteiger partial charge on any atom is 0.128 e. The van der Waals surface area contributed by atoms with Gasteiger partial charge >= 0.3 is 0 Å². The molecule has 4 nitrogen and oxygen atoms in total. The molecule has 1 N–H and O–H groups in total. The highest BCUT2D eigenvalue weighted by atomic mass is 15.2. The summed E-state index contributed by atoms with van der Waals surface area (Å²) in [5.74, 6) is 1.74. The zero-order chi connectivity index (χ0) is 15.2. The van der Waals surface area contributed by atoms with Crippen LogP contribution < -0.4 is 10.2 Å². The van der Waals surface area contributed by atoms with Crippen LogP contribution in [0.3, 0.4) is 0 Å². The van der Waals surface area contributed by atoms with Crippen molar-refractivity contribution in [1.82, 2.24) is 15.2 Å². The Morgan fingerprint density at radius 1 is 1.24 bits per heavy atom. The van der Waals surface area contributed by atoms with Gasteiger partial charge in [0.15, 0.2) is 0 Å². The summed E-state index contributed by atoms with van der Waals surface area (Å²) in [5, 5.41) is 3.53. The number of hydrogen-bond donors (Lipinski definition) is 1. The van der Waals surface area contributed by atoms with Gasteiger partial charge in [-0.1, -0.05) is 19.9 Å². The van der Waals surface area contributed by atoms with Gasteiger partial charge in [0.05, 0.1) is 0 Å². The van der Waals surface area contributed by atoms with E-state index in [0.717, 1.165) is 38.0 Å². The Morgan fingerprint density at radius 2 is 2.00 bits per heavy atom. The Morgan fingerprint density at radius 3 is 2.52 bits per heavy atom. The second-order valence-corrected chi connectivity index (χ2v) is 6.82. The van der Waals surface area contributed by atoms with Crippen molar-refractivity contribution >= 4 is 5.82 Å². The van der Waals surface area contributed by atoms with Crippen LogP contribution in [0.15, 0.2) is 18.3 Å². The highest BCUT2D eigenvalue weighted by molar-refractivity contribution is 5.39. The number of likely N-dealkylation sites (N-methyl/N-ethyl adjacent to an activating group) is 1. The summed E-state index contributed by atoms with van der Waals surface area (Å²) in [7, 11) is 4.24. The van der Waals surface area contributed by atoms with Crippen LogP contribution >= 0.6 is 0 Å². The minimum Gasteiger partial charge on any atom is -0.355 e. The fourth-order valence-electron chi connectivity index (χ4n) is 2.32. The van der Waals surface area contributed by atoms with Crippen molar-refractivity contribution < 1.29 is 0 Å². The van der Waals surface area contributed by atoms with Crippen molar-refractivity contribution in [2.45, 2.75) is 39.3 Å². The molecule has 1 aliphatic carbocycles. The van der Waals surface area contributed by atoms with E-state index in [1.165, 1.54) is 18.4 Å². The first-order valence-corrected chi connectivity index (χ1v) is 8.12. The monoisotopic (exact) mass is 290 g/mol. The second-order valence-electron chi connectivity index (χ2n) is 6.82. The van der Waals surface area contributed by atoms with E-state index < -0.39 is 0 Å². The van der Waals surface area contributed by atoms with Gasteiger partial charge in [-0.3, -0.25) is 0 Å². The Bertz CT molecular complexity index is 409. The molecule has 1 aromatic heterocycles. The van der Waals surface area contributed by atoms with Crippen LogP contribution in [0.5, 0.6) is 0 Å². The van der Waals surface area contributed by atoms with E-state index >= 15 is 0 Å². The van der Waals surface area contributed by atoms with Gasteiger partial charge in [-0.05, 0) is 44.5 Å². The Balaban J connectivity index is 1.93. The molecule has 0 unspecified atom stereocenters. The van der Waals surface area contributed by atoms with Gasteiger partial charge in [-0.25, -0.2) is 4.98 Å². The van der Waals surface area contributed by atoms with Gasteiger partial charge in [0.2, 0.25) is 0 Å². The van der Waals surface area contributed by atoms with Crippen LogP contribution in [0.2, 0.25) is 0 Å². The van der Waals surface area contributed by atoms with Crippen molar-refractivity contribution in [3.63, 3.8) is 0 Å². The molecule has 4 heteroatoms. The third-order valence-corrected chi connectivity index (χ3v) is 3.71. The number of nitrogens with one attached hydrogen (secondary N) is 1. The smallest absolute Gasteiger partial charge is 0.128 e. The predicted molar refractivity (Wildman–Crippen MR) is 89.7 cm³/mol. The molecule has 0 saturated heterocycles. The first-order valence-electron chi connectivity index (χ1n) is 8.12. The first-order chi connectivity index (χ1) is 10.0. The molecular weight excluding hydrogens is 260 g/mol. The molecule has 0 aromatic carbocycles. The van der Waals surface area contributed by atoms with E-state index in [0.29, 0.717) is 5.92 Å². The number of anilines is 1. The van der Waals surface area contributed by atoms with Crippen LogP contribution in [0.25, 0.3) is 0 Å². The predicted octanol–water partition coefficient (Wildman–Crippen LogP) is 2.36. The molecule has 0 radical (unpaired) electrons. The molecule has 1 heterocycles. The fraction of sp³-hybridized carbons (Fsp3) is 0.706. The molecule has 1 fully saturated rings. The molecule has 0 spiro atoms. The molecule has 1 aromatic rings. The molecule has 21 heavy (non-hydrogen) atoms. The van der Waals surface area contributed by atoms with Crippen molar-refractivity contribution in [3.8, 4) is 0 Å². The third kappa shape index (κ3) is 6.02. The fourth-order valence-corrected chi connectivity index (χ4v) is 2.32. The lowest BCUT2D eigenvalue weighted by molar-refractivity contribution is 0.408. The maximum absolute atomic E-state index is 4.68. The van der Waals surface area contributed by atoms with Crippen LogP contribution in [0, 0.1) is 5.92 Å². The summed E-state index contributed by atoms with van der Waals surface area (Å²) in [6.07, 6.45) is 4.68. The summed E-state index contributed by atoms with van der Waals surface area (Å²) >= 11 is 0. The summed E-state index contributed by atoms with van der Waals surface area (Å²) in [5.41, 5.74) is 1.28. The van der Waals surface area contributed by atoms with Gasteiger partial charge in [0, 0.05) is 38.4 Å². The Hall–Kier alpha value is -1.13. The van der Waals surface area contributed by atoms with Crippen LogP contribution in [0.1, 0.15) is 32.3 Å². The molecule has 118 valence electrons. The lowest BCUT2D eigenvalue weighted by atomic mass is 10.2. The van der Waals surface area contributed by atoms with Gasteiger partial charge in [0.1, 0.15) is 5.82 Å². The summed E-state index contributed by atoms with van der Waals surface area (Å²) in [4.78, 5) is 9.29. The normalized spacial score (nSPS) is 15.0. The van der Waals surface area contributed by atoms with E-state index in [2.05, 4.69) is 60.2 Å². The van der Waals surface area contributed by atoms with Crippen LogP contribution in [0.4, 0.5) is 5.82 Å². The van der Waals surface area contributed by atoms with E-state index in [1.807, 2.05) is 6.20 Å². The Labute approximate surface area is 129 Å². The van der Waals surface area contributed by atoms with E-state index in [9.17, 15) is 0 Å². The number of nitrogens with zero attached hydrogens (tertiary/aromatic N) is 3. The molecular formula is C17H30N4. The highest BCUT2D eigenvalue weighted by Gasteiger charge is 2.20. The SMILES string of the molecule is CC(C)CN(CCN(C)C)c1ccc(CNC2CC2)cn1. The molecule has 0 bridgehead atoms. The molecule has 0 amide bonds. The molecule has 1 aliphatic rings. The van der Waals surface area contributed by atoms with Crippen LogP contribution in [-0.2, 0) is 6.54 Å². The third-order valence-electron chi connectivity index (χ3n) is 3.71. The largest absolute Gasteiger partial charge is 0.355 e. The molecule has 0 aliphatic heterocycles. The first kappa shape index (κ1) is 16.2. The zero-order valence-electron chi connectivity index (χ0n) is 14.0. The average molecular weight is 290 g/mol. The lowest BCUT2D eigenvalue weighted by Crippen LogP contribution is -2.35. The number of pyridine rings is 1. The van der Waals surface area contributed by atoms with Gasteiger partial charge < -0.3 is 15.1 Å². The van der Waals surface area contributed by atoms with E-state index in [-0.39, 0.29) is 0 Å². The summed E-state index contributed by atoms with van der Waals surface area (Å²) < 4.78 is 0. The summed E-state index contributed by atoms with van der Waals surface area (Å²) in [6.45, 7) is 8.60. The molecule has 1 saturated carbocycles. The topological polar surface area (TPSA) is 31.4 Å². The minimum absolute atomic E-state index is 0.644. The molecule has 2 rings (SSSR count). The van der Waals surface area contributed by atoms with Crippen molar-refractivity contribution in [2.75, 3.05) is 38.6 Å². The highest BCUT2D eigenvalue weighted by Crippen LogP contribution is 2.19. The van der Waals surface area contributed by atoms with Gasteiger partial charge in [-0.2, -0.15) is 0 Å². The lowest BCUT2D eigenvalue weighted by Gasteiger charge is -2.27. The van der Waals surface area contributed by atoms with Gasteiger partial charge in [0.25, 0.3) is 0 Å². The maximum atomic E-state index is 4.68. The van der Waals surface area contributed by atoms with Crippen LogP contribution in [-0.4, -0.2) is 49.7 Å². The second kappa shape index (κ2) is 7.76. The molecule has 0 atom stereocenters. The zero-order valence-corrected chi connectivity index (χ0v) is 14.0. The van der Waals surface area contributed by atoms with E-state index in [1.54, 1.807) is 0 Å². The quantitative estimate of drug-likeness (QED) is 0.756. The van der Waals surface area contributed by atoms with Crippen molar-refractivity contribution in [3.05, 3.63) is 23.9 Å². The standard InChI is InChI=1S/C17H30N4/c1-14(2)13-21(10-9-20(3)4)17-8-5-15(12-19-17)11-18-16-6-7-16/h5,8,12,14,16,18H,6-7,9-11,13H2,1-4H3. The van der Waals surface area contributed by atoms with E-state index in [4.69, 9.17) is 0 Å². The summed E-state index contributed by atoms with van der Waals surface area (Å²) in [6, 6.07) is 5.13. The number of hydrogen-bond acceptors (Lipinski definition) is 4. The number of rotatable bonds is 9. The van der Waals surface area contributed by atoms with Crippen molar-refractivity contribution in [2.24, 2.45) is 5.92 Å². The van der Waals surface area contributed by atoms with Crippen molar-refractivity contribution in [1.29, 1.82) is 0 Å².